The van der Waals surface area contributed by atoms with Gasteiger partial charge in [-0.25, -0.2) is 4.39 Å². The molecule has 2 aromatic rings. The third-order valence-corrected chi connectivity index (χ3v) is 6.46. The summed E-state index contributed by atoms with van der Waals surface area (Å²) >= 11 is 0. The van der Waals surface area contributed by atoms with Gasteiger partial charge in [0.05, 0.1) is 7.11 Å². The molecule has 146 valence electrons. The topological polar surface area (TPSA) is 9.23 Å². The Morgan fingerprint density at radius 2 is 1.86 bits per heavy atom. The van der Waals surface area contributed by atoms with Gasteiger partial charge in [-0.3, -0.25) is 0 Å². The number of rotatable bonds is 4. The second kappa shape index (κ2) is 7.95. The quantitative estimate of drug-likeness (QED) is 0.570. The highest BCUT2D eigenvalue weighted by atomic mass is 19.1. The van der Waals surface area contributed by atoms with Crippen molar-refractivity contribution in [2.24, 2.45) is 11.8 Å². The Hall–Kier alpha value is -2.35. The van der Waals surface area contributed by atoms with Crippen LogP contribution in [-0.2, 0) is 6.42 Å². The minimum Gasteiger partial charge on any atom is -0.497 e. The molecule has 0 radical (unpaired) electrons. The molecule has 0 bridgehead atoms. The van der Waals surface area contributed by atoms with Crippen molar-refractivity contribution < 1.29 is 9.13 Å². The van der Waals surface area contributed by atoms with E-state index in [0.29, 0.717) is 23.7 Å². The van der Waals surface area contributed by atoms with Crippen LogP contribution >= 0.6 is 0 Å². The van der Waals surface area contributed by atoms with E-state index in [1.807, 2.05) is 12.1 Å². The first kappa shape index (κ1) is 19.0. The molecule has 0 saturated heterocycles. The molecule has 1 nitrogen and oxygen atoms in total. The van der Waals surface area contributed by atoms with Crippen molar-refractivity contribution in [3.05, 3.63) is 88.8 Å². The van der Waals surface area contributed by atoms with Crippen molar-refractivity contribution in [1.82, 2.24) is 0 Å². The molecule has 2 heteroatoms. The van der Waals surface area contributed by atoms with Gasteiger partial charge in [0.2, 0.25) is 0 Å². The summed E-state index contributed by atoms with van der Waals surface area (Å²) in [6, 6.07) is 13.7. The van der Waals surface area contributed by atoms with Crippen LogP contribution in [0.2, 0.25) is 0 Å². The number of ether oxygens (including phenoxy) is 1. The van der Waals surface area contributed by atoms with E-state index in [1.54, 1.807) is 19.2 Å². The number of benzene rings is 2. The Balaban J connectivity index is 1.73. The van der Waals surface area contributed by atoms with Crippen LogP contribution in [0.15, 0.2) is 66.3 Å². The fourth-order valence-electron chi connectivity index (χ4n) is 4.92. The molecule has 0 aliphatic heterocycles. The van der Waals surface area contributed by atoms with Gasteiger partial charge in [0.25, 0.3) is 0 Å². The summed E-state index contributed by atoms with van der Waals surface area (Å²) in [5, 5.41) is 0. The van der Waals surface area contributed by atoms with Crippen LogP contribution in [0.5, 0.6) is 5.75 Å². The van der Waals surface area contributed by atoms with Crippen LogP contribution in [0.1, 0.15) is 55.2 Å². The van der Waals surface area contributed by atoms with E-state index in [-0.39, 0.29) is 5.82 Å². The first-order valence-corrected chi connectivity index (χ1v) is 10.4. The number of fused-ring (bicyclic) bond motifs is 1. The van der Waals surface area contributed by atoms with Gasteiger partial charge >= 0.3 is 0 Å². The summed E-state index contributed by atoms with van der Waals surface area (Å²) in [6.07, 6.45) is 10.3. The van der Waals surface area contributed by atoms with E-state index in [2.05, 4.69) is 50.3 Å². The lowest BCUT2D eigenvalue weighted by Gasteiger charge is -2.39. The molecule has 0 heterocycles. The van der Waals surface area contributed by atoms with Crippen LogP contribution in [-0.4, -0.2) is 7.11 Å². The van der Waals surface area contributed by atoms with Crippen LogP contribution in [0.4, 0.5) is 4.39 Å². The van der Waals surface area contributed by atoms with Crippen LogP contribution in [0.25, 0.3) is 0 Å². The predicted octanol–water partition coefficient (Wildman–Crippen LogP) is 6.81. The smallest absolute Gasteiger partial charge is 0.123 e. The van der Waals surface area contributed by atoms with E-state index < -0.39 is 0 Å². The van der Waals surface area contributed by atoms with Gasteiger partial charge in [-0.1, -0.05) is 50.3 Å². The zero-order valence-corrected chi connectivity index (χ0v) is 17.0. The number of halogens is 1. The lowest BCUT2D eigenvalue weighted by Crippen LogP contribution is -2.26. The third kappa shape index (κ3) is 3.65. The Bertz CT molecular complexity index is 891. The molecule has 1 unspecified atom stereocenters. The van der Waals surface area contributed by atoms with E-state index in [9.17, 15) is 4.39 Å². The molecule has 0 amide bonds. The SMILES string of the molecule is COc1ccc2c(c1)CC[C@H](c1ccc(F)cc1)[C@@H]2C1C=CC(C(C)C)=CC1. The maximum atomic E-state index is 13.5. The van der Waals surface area contributed by atoms with Gasteiger partial charge in [0.1, 0.15) is 11.6 Å². The summed E-state index contributed by atoms with van der Waals surface area (Å²) in [7, 11) is 1.73. The van der Waals surface area contributed by atoms with Crippen molar-refractivity contribution in [3.8, 4) is 5.75 Å². The molecule has 0 saturated carbocycles. The van der Waals surface area contributed by atoms with E-state index >= 15 is 0 Å². The van der Waals surface area contributed by atoms with Gasteiger partial charge in [-0.2, -0.15) is 0 Å². The Kier molecular flexibility index (Phi) is 5.39. The lowest BCUT2D eigenvalue weighted by molar-refractivity contribution is 0.381. The highest BCUT2D eigenvalue weighted by Crippen LogP contribution is 2.49. The van der Waals surface area contributed by atoms with Crippen LogP contribution in [0, 0.1) is 17.7 Å². The summed E-state index contributed by atoms with van der Waals surface area (Å²) in [5.41, 5.74) is 5.51. The van der Waals surface area contributed by atoms with Crippen molar-refractivity contribution in [2.45, 2.75) is 44.9 Å². The standard InChI is InChI=1S/C26H29FO/c1-17(2)18-4-6-20(7-5-18)26-24(19-8-11-22(27)12-9-19)14-10-21-16-23(28-3)13-15-25(21)26/h4-6,8-9,11-13,15-17,20,24,26H,7,10,14H2,1-3H3/t20?,24-,26+/m1/s1. The molecule has 3 atom stereocenters. The van der Waals surface area contributed by atoms with Crippen molar-refractivity contribution in [2.75, 3.05) is 7.11 Å². The Morgan fingerprint density at radius 1 is 1.07 bits per heavy atom. The van der Waals surface area contributed by atoms with Gasteiger partial charge in [0, 0.05) is 0 Å². The molecular formula is C26H29FO. The third-order valence-electron chi connectivity index (χ3n) is 6.46. The molecule has 0 spiro atoms. The molecule has 0 N–H and O–H groups in total. The molecule has 0 aromatic heterocycles. The average Bonchev–Trinajstić information content (AvgIpc) is 2.73. The van der Waals surface area contributed by atoms with Gasteiger partial charge < -0.3 is 4.74 Å². The lowest BCUT2D eigenvalue weighted by atomic mass is 9.65. The summed E-state index contributed by atoms with van der Waals surface area (Å²) in [6.45, 7) is 4.50. The normalized spacial score (nSPS) is 24.0. The Labute approximate surface area is 167 Å². The zero-order chi connectivity index (χ0) is 19.7. The van der Waals surface area contributed by atoms with Crippen molar-refractivity contribution >= 4 is 0 Å². The fraction of sp³-hybridized carbons (Fsp3) is 0.385. The predicted molar refractivity (Wildman–Crippen MR) is 113 cm³/mol. The number of allylic oxidation sites excluding steroid dienone is 4. The molecule has 4 rings (SSSR count). The number of aryl methyl sites for hydroxylation is 1. The van der Waals surface area contributed by atoms with Gasteiger partial charge in [0.15, 0.2) is 0 Å². The highest BCUT2D eigenvalue weighted by Gasteiger charge is 2.35. The second-order valence-corrected chi connectivity index (χ2v) is 8.40. The second-order valence-electron chi connectivity index (χ2n) is 8.40. The first-order chi connectivity index (χ1) is 13.6. The highest BCUT2D eigenvalue weighted by molar-refractivity contribution is 5.44. The van der Waals surface area contributed by atoms with Crippen molar-refractivity contribution in [1.29, 1.82) is 0 Å². The monoisotopic (exact) mass is 376 g/mol. The van der Waals surface area contributed by atoms with Gasteiger partial charge in [-0.05, 0) is 89.5 Å². The average molecular weight is 377 g/mol. The number of hydrogen-bond donors (Lipinski definition) is 0. The molecular weight excluding hydrogens is 347 g/mol. The number of hydrogen-bond acceptors (Lipinski definition) is 1. The fourth-order valence-corrected chi connectivity index (χ4v) is 4.92. The molecule has 2 aliphatic rings. The van der Waals surface area contributed by atoms with Crippen molar-refractivity contribution in [3.63, 3.8) is 0 Å². The summed E-state index contributed by atoms with van der Waals surface area (Å²) < 4.78 is 19.0. The molecule has 2 aliphatic carbocycles. The molecule has 2 aromatic carbocycles. The maximum Gasteiger partial charge on any atom is 0.123 e. The number of methoxy groups -OCH3 is 1. The summed E-state index contributed by atoms with van der Waals surface area (Å²) in [5.74, 6) is 2.60. The van der Waals surface area contributed by atoms with E-state index in [0.717, 1.165) is 25.0 Å². The molecule has 28 heavy (non-hydrogen) atoms. The molecule has 0 fully saturated rings. The zero-order valence-electron chi connectivity index (χ0n) is 17.0. The first-order valence-electron chi connectivity index (χ1n) is 10.4. The van der Waals surface area contributed by atoms with Crippen LogP contribution < -0.4 is 4.74 Å². The summed E-state index contributed by atoms with van der Waals surface area (Å²) in [4.78, 5) is 0. The minimum absolute atomic E-state index is 0.164. The largest absolute Gasteiger partial charge is 0.497 e. The van der Waals surface area contributed by atoms with Gasteiger partial charge in [-0.15, -0.1) is 0 Å². The Morgan fingerprint density at radius 3 is 2.50 bits per heavy atom. The van der Waals surface area contributed by atoms with Crippen LogP contribution in [0.3, 0.4) is 0 Å². The van der Waals surface area contributed by atoms with E-state index in [1.165, 1.54) is 22.3 Å². The maximum absolute atomic E-state index is 13.5. The minimum atomic E-state index is -0.164. The van der Waals surface area contributed by atoms with E-state index in [4.69, 9.17) is 4.74 Å².